The predicted octanol–water partition coefficient (Wildman–Crippen LogP) is 6.68. The number of aryl methyl sites for hydroxylation is 1. The van der Waals surface area contributed by atoms with Crippen LogP contribution >= 0.6 is 11.6 Å². The molecule has 35 heavy (non-hydrogen) atoms. The minimum absolute atomic E-state index is 0.655. The average molecular weight is 480 g/mol. The summed E-state index contributed by atoms with van der Waals surface area (Å²) < 4.78 is 2.04. The van der Waals surface area contributed by atoms with Crippen LogP contribution in [0.4, 0.5) is 0 Å². The van der Waals surface area contributed by atoms with Crippen LogP contribution in [-0.2, 0) is 6.54 Å². The number of halogens is 1. The molecule has 6 heteroatoms. The number of pyridine rings is 3. The van der Waals surface area contributed by atoms with Crippen molar-refractivity contribution >= 4 is 17.2 Å². The summed E-state index contributed by atoms with van der Waals surface area (Å²) in [6.45, 7) is 5.41. The first-order chi connectivity index (χ1) is 17.1. The lowest BCUT2D eigenvalue weighted by Gasteiger charge is -2.14. The smallest absolute Gasteiger partial charge is 0.138 e. The van der Waals surface area contributed by atoms with Crippen molar-refractivity contribution in [1.29, 1.82) is 0 Å². The van der Waals surface area contributed by atoms with Gasteiger partial charge in [0.25, 0.3) is 0 Å². The molecule has 0 amide bonds. The normalized spacial score (nSPS) is 14.1. The van der Waals surface area contributed by atoms with E-state index in [0.717, 1.165) is 51.8 Å². The summed E-state index contributed by atoms with van der Waals surface area (Å²) in [7, 11) is 0. The number of hydrogen-bond donors (Lipinski definition) is 0. The van der Waals surface area contributed by atoms with E-state index in [1.165, 1.54) is 31.5 Å². The molecule has 0 radical (unpaired) electrons. The lowest BCUT2D eigenvalue weighted by molar-refractivity contribution is 0.331. The highest BCUT2D eigenvalue weighted by Gasteiger charge is 2.18. The Bertz CT molecular complexity index is 1500. The highest BCUT2D eigenvalue weighted by molar-refractivity contribution is 6.30. The maximum Gasteiger partial charge on any atom is 0.138 e. The van der Waals surface area contributed by atoms with Gasteiger partial charge in [0.15, 0.2) is 0 Å². The summed E-state index contributed by atoms with van der Waals surface area (Å²) in [6, 6.07) is 22.7. The molecule has 174 valence electrons. The first-order valence-corrected chi connectivity index (χ1v) is 12.4. The minimum atomic E-state index is 0.655. The zero-order valence-corrected chi connectivity index (χ0v) is 20.4. The molecule has 0 N–H and O–H groups in total. The highest BCUT2D eigenvalue weighted by Crippen LogP contribution is 2.34. The number of rotatable bonds is 5. The molecule has 0 aliphatic carbocycles. The molecular formula is C29H26ClN5. The van der Waals surface area contributed by atoms with Crippen LogP contribution in [0.25, 0.3) is 39.5 Å². The van der Waals surface area contributed by atoms with E-state index in [1.807, 2.05) is 60.1 Å². The van der Waals surface area contributed by atoms with Crippen molar-refractivity contribution in [3.63, 3.8) is 0 Å². The monoisotopic (exact) mass is 479 g/mol. The highest BCUT2D eigenvalue weighted by atomic mass is 35.5. The molecule has 0 bridgehead atoms. The van der Waals surface area contributed by atoms with Gasteiger partial charge in [-0.3, -0.25) is 19.3 Å². The van der Waals surface area contributed by atoms with Gasteiger partial charge in [-0.25, -0.2) is 4.98 Å². The largest absolute Gasteiger partial charge is 0.299 e. The van der Waals surface area contributed by atoms with Crippen molar-refractivity contribution in [2.45, 2.75) is 26.3 Å². The fourth-order valence-corrected chi connectivity index (χ4v) is 5.02. The Kier molecular flexibility index (Phi) is 5.80. The molecule has 0 atom stereocenters. The summed E-state index contributed by atoms with van der Waals surface area (Å²) in [6.07, 6.45) is 6.39. The Hall–Kier alpha value is -3.54. The molecule has 5 nitrogen and oxygen atoms in total. The molecule has 0 unspecified atom stereocenters. The van der Waals surface area contributed by atoms with E-state index in [-0.39, 0.29) is 0 Å². The van der Waals surface area contributed by atoms with Gasteiger partial charge in [-0.2, -0.15) is 0 Å². The fourth-order valence-electron chi connectivity index (χ4n) is 4.86. The van der Waals surface area contributed by atoms with Crippen LogP contribution < -0.4 is 0 Å². The van der Waals surface area contributed by atoms with Gasteiger partial charge >= 0.3 is 0 Å². The van der Waals surface area contributed by atoms with E-state index < -0.39 is 0 Å². The second-order valence-electron chi connectivity index (χ2n) is 9.16. The third kappa shape index (κ3) is 4.45. The van der Waals surface area contributed by atoms with Crippen molar-refractivity contribution in [2.24, 2.45) is 0 Å². The van der Waals surface area contributed by atoms with E-state index >= 15 is 0 Å². The first kappa shape index (κ1) is 22.0. The van der Waals surface area contributed by atoms with Gasteiger partial charge < -0.3 is 0 Å². The average Bonchev–Trinajstić information content (AvgIpc) is 3.52. The lowest BCUT2D eigenvalue weighted by Crippen LogP contribution is -2.18. The standard InChI is InChI=1S/C29H26ClN5/c1-20-5-4-6-25(32-20)28-29(35-19-24(30)11-12-27(35)33-28)23-13-14-31-26(17-23)22-9-7-21(8-10-22)18-34-15-2-3-16-34/h4-14,17,19H,2-3,15-16,18H2,1H3. The molecule has 1 saturated heterocycles. The quantitative estimate of drug-likeness (QED) is 0.282. The lowest BCUT2D eigenvalue weighted by atomic mass is 10.0. The van der Waals surface area contributed by atoms with Gasteiger partial charge in [0, 0.05) is 35.8 Å². The first-order valence-electron chi connectivity index (χ1n) is 12.0. The van der Waals surface area contributed by atoms with E-state index in [2.05, 4.69) is 40.2 Å². The summed E-state index contributed by atoms with van der Waals surface area (Å²) in [4.78, 5) is 16.9. The van der Waals surface area contributed by atoms with Crippen molar-refractivity contribution in [3.8, 4) is 33.9 Å². The van der Waals surface area contributed by atoms with Gasteiger partial charge in [0.05, 0.1) is 22.1 Å². The van der Waals surface area contributed by atoms with E-state index in [4.69, 9.17) is 21.6 Å². The van der Waals surface area contributed by atoms with Crippen LogP contribution in [0.2, 0.25) is 5.02 Å². The van der Waals surface area contributed by atoms with Crippen LogP contribution in [-0.4, -0.2) is 37.3 Å². The topological polar surface area (TPSA) is 46.3 Å². The summed E-state index contributed by atoms with van der Waals surface area (Å²) in [5, 5.41) is 0.655. The number of likely N-dealkylation sites (tertiary alicyclic amines) is 1. The van der Waals surface area contributed by atoms with Crippen LogP contribution in [0.5, 0.6) is 0 Å². The van der Waals surface area contributed by atoms with E-state index in [1.54, 1.807) is 0 Å². The molecule has 1 fully saturated rings. The summed E-state index contributed by atoms with van der Waals surface area (Å²) >= 11 is 6.38. The van der Waals surface area contributed by atoms with Crippen LogP contribution in [0.3, 0.4) is 0 Å². The summed E-state index contributed by atoms with van der Waals surface area (Å²) in [5.74, 6) is 0. The maximum atomic E-state index is 6.38. The van der Waals surface area contributed by atoms with Gasteiger partial charge in [-0.15, -0.1) is 0 Å². The molecule has 1 aliphatic rings. The third-order valence-electron chi connectivity index (χ3n) is 6.60. The molecule has 1 aromatic carbocycles. The number of nitrogens with zero attached hydrogens (tertiary/aromatic N) is 5. The maximum absolute atomic E-state index is 6.38. The SMILES string of the molecule is Cc1cccc(-c2nc3ccc(Cl)cn3c2-c2ccnc(-c3ccc(CN4CCCC4)cc3)c2)n1. The molecule has 0 saturated carbocycles. The molecule has 5 heterocycles. The molecule has 1 aliphatic heterocycles. The van der Waals surface area contributed by atoms with Gasteiger partial charge in [-0.1, -0.05) is 41.9 Å². The van der Waals surface area contributed by atoms with Crippen LogP contribution in [0.1, 0.15) is 24.1 Å². The Labute approximate surface area is 210 Å². The summed E-state index contributed by atoms with van der Waals surface area (Å²) in [5.41, 5.74) is 8.78. The zero-order chi connectivity index (χ0) is 23.8. The Morgan fingerprint density at radius 3 is 2.49 bits per heavy atom. The Morgan fingerprint density at radius 1 is 0.857 bits per heavy atom. The molecule has 5 aromatic rings. The Morgan fingerprint density at radius 2 is 1.69 bits per heavy atom. The molecule has 4 aromatic heterocycles. The molecule has 0 spiro atoms. The van der Waals surface area contributed by atoms with E-state index in [0.29, 0.717) is 5.02 Å². The minimum Gasteiger partial charge on any atom is -0.299 e. The zero-order valence-electron chi connectivity index (χ0n) is 19.7. The molecular weight excluding hydrogens is 454 g/mol. The number of imidazole rings is 1. The Balaban J connectivity index is 1.42. The van der Waals surface area contributed by atoms with Crippen molar-refractivity contribution in [1.82, 2.24) is 24.3 Å². The van der Waals surface area contributed by atoms with Gasteiger partial charge in [0.1, 0.15) is 11.3 Å². The van der Waals surface area contributed by atoms with Gasteiger partial charge in [0.2, 0.25) is 0 Å². The third-order valence-corrected chi connectivity index (χ3v) is 6.82. The number of benzene rings is 1. The predicted molar refractivity (Wildman–Crippen MR) is 141 cm³/mol. The van der Waals surface area contributed by atoms with Crippen molar-refractivity contribution < 1.29 is 0 Å². The number of hydrogen-bond acceptors (Lipinski definition) is 4. The van der Waals surface area contributed by atoms with Crippen LogP contribution in [0.15, 0.2) is 79.1 Å². The van der Waals surface area contributed by atoms with E-state index in [9.17, 15) is 0 Å². The van der Waals surface area contributed by atoms with Crippen LogP contribution in [0, 0.1) is 6.92 Å². The number of fused-ring (bicyclic) bond motifs is 1. The second-order valence-corrected chi connectivity index (χ2v) is 9.60. The molecule has 6 rings (SSSR count). The number of aromatic nitrogens is 4. The van der Waals surface area contributed by atoms with Gasteiger partial charge in [-0.05, 0) is 74.8 Å². The van der Waals surface area contributed by atoms with Crippen molar-refractivity contribution in [2.75, 3.05) is 13.1 Å². The van der Waals surface area contributed by atoms with Crippen molar-refractivity contribution in [3.05, 3.63) is 95.4 Å². The fraction of sp³-hybridized carbons (Fsp3) is 0.207. The second kappa shape index (κ2) is 9.25.